The lowest BCUT2D eigenvalue weighted by Crippen LogP contribution is -2.48. The summed E-state index contributed by atoms with van der Waals surface area (Å²) in [6.45, 7) is 7.33. The number of hydrogen-bond acceptors (Lipinski definition) is 6. The van der Waals surface area contributed by atoms with Gasteiger partial charge in [0.15, 0.2) is 5.76 Å². The molecule has 0 radical (unpaired) electrons. The average molecular weight is 431 g/mol. The van der Waals surface area contributed by atoms with E-state index in [4.69, 9.17) is 14.3 Å². The Bertz CT molecular complexity index is 1210. The van der Waals surface area contributed by atoms with E-state index in [1.807, 2.05) is 48.9 Å². The normalized spacial score (nSPS) is 21.1. The maximum absolute atomic E-state index is 5.99. The van der Waals surface area contributed by atoms with Gasteiger partial charge in [0.1, 0.15) is 12.4 Å². The first kappa shape index (κ1) is 20.2. The van der Waals surface area contributed by atoms with E-state index in [1.165, 1.54) is 5.56 Å². The van der Waals surface area contributed by atoms with Crippen molar-refractivity contribution in [2.45, 2.75) is 26.5 Å². The first-order valence-electron chi connectivity index (χ1n) is 10.6. The molecule has 7 nitrogen and oxygen atoms in total. The minimum Gasteiger partial charge on any atom is -0.495 e. The summed E-state index contributed by atoms with van der Waals surface area (Å²) in [6.07, 6.45) is 5.72. The molecular formula is C25H26N4O3. The molecule has 0 amide bonds. The molecule has 0 spiro atoms. The van der Waals surface area contributed by atoms with E-state index in [9.17, 15) is 0 Å². The number of ether oxygens (including phenoxy) is 2. The second-order valence-electron chi connectivity index (χ2n) is 8.22. The van der Waals surface area contributed by atoms with Crippen LogP contribution in [0.2, 0.25) is 0 Å². The topological polar surface area (TPSA) is 61.1 Å². The van der Waals surface area contributed by atoms with Crippen molar-refractivity contribution in [2.24, 2.45) is 5.16 Å². The van der Waals surface area contributed by atoms with E-state index >= 15 is 0 Å². The van der Waals surface area contributed by atoms with Gasteiger partial charge in [-0.25, -0.2) is 4.98 Å². The first-order chi connectivity index (χ1) is 15.5. The molecule has 0 N–H and O–H groups in total. The molecule has 5 rings (SSSR count). The highest BCUT2D eigenvalue weighted by Gasteiger charge is 2.46. The number of oxime groups is 1. The van der Waals surface area contributed by atoms with Gasteiger partial charge < -0.3 is 23.8 Å². The van der Waals surface area contributed by atoms with E-state index in [2.05, 4.69) is 46.2 Å². The van der Waals surface area contributed by atoms with Crippen LogP contribution in [0.5, 0.6) is 5.75 Å². The molecule has 3 heterocycles. The molecule has 1 aromatic heterocycles. The molecule has 164 valence electrons. The van der Waals surface area contributed by atoms with E-state index < -0.39 is 5.72 Å². The number of morpholine rings is 1. The van der Waals surface area contributed by atoms with E-state index in [0.717, 1.165) is 28.3 Å². The van der Waals surface area contributed by atoms with Crippen molar-refractivity contribution in [1.82, 2.24) is 14.5 Å². The number of nitrogens with zero attached hydrogens (tertiary/aromatic N) is 4. The molecule has 0 bridgehead atoms. The van der Waals surface area contributed by atoms with Crippen molar-refractivity contribution in [3.8, 4) is 11.4 Å². The van der Waals surface area contributed by atoms with Crippen LogP contribution in [0.25, 0.3) is 11.8 Å². The van der Waals surface area contributed by atoms with Crippen LogP contribution in [0, 0.1) is 13.8 Å². The Morgan fingerprint density at radius 1 is 1.12 bits per heavy atom. The predicted molar refractivity (Wildman–Crippen MR) is 123 cm³/mol. The second-order valence-corrected chi connectivity index (χ2v) is 8.22. The molecule has 2 aromatic carbocycles. The lowest BCUT2D eigenvalue weighted by atomic mass is 10.0. The Morgan fingerprint density at radius 3 is 2.66 bits per heavy atom. The quantitative estimate of drug-likeness (QED) is 0.615. The van der Waals surface area contributed by atoms with Crippen LogP contribution < -0.4 is 4.74 Å². The van der Waals surface area contributed by atoms with Gasteiger partial charge in [0.05, 0.1) is 31.4 Å². The molecule has 2 aliphatic heterocycles. The fourth-order valence-electron chi connectivity index (χ4n) is 4.12. The SMILES string of the molecule is COc1cc(/C=C2/OCCN3C2=NOC3(C)c2ccc(C)cc2)ccc1-n1cnc(C)c1. The highest BCUT2D eigenvalue weighted by atomic mass is 16.7. The minimum absolute atomic E-state index is 0.555. The summed E-state index contributed by atoms with van der Waals surface area (Å²) in [5, 5.41) is 4.40. The van der Waals surface area contributed by atoms with Gasteiger partial charge in [-0.15, -0.1) is 0 Å². The van der Waals surface area contributed by atoms with Crippen molar-refractivity contribution < 1.29 is 14.3 Å². The second kappa shape index (κ2) is 7.75. The van der Waals surface area contributed by atoms with Crippen LogP contribution in [0.3, 0.4) is 0 Å². The summed E-state index contributed by atoms with van der Waals surface area (Å²) >= 11 is 0. The Labute approximate surface area is 187 Å². The molecule has 0 saturated carbocycles. The standard InChI is InChI=1S/C25H26N4O3/c1-17-5-8-20(9-6-17)25(3)29-11-12-31-23(24(29)27-32-25)14-19-7-10-21(22(13-19)30-4)28-15-18(2)26-16-28/h5-10,13-16H,11-12H2,1-4H3/b23-14+. The molecule has 7 heteroatoms. The average Bonchev–Trinajstić information content (AvgIpc) is 3.39. The monoisotopic (exact) mass is 430 g/mol. The Balaban J connectivity index is 1.45. The maximum atomic E-state index is 5.99. The van der Waals surface area contributed by atoms with E-state index in [0.29, 0.717) is 24.7 Å². The molecule has 1 unspecified atom stereocenters. The lowest BCUT2D eigenvalue weighted by Gasteiger charge is -2.37. The minimum atomic E-state index is -0.660. The number of amidine groups is 1. The molecule has 0 aliphatic carbocycles. The van der Waals surface area contributed by atoms with Crippen molar-refractivity contribution >= 4 is 11.9 Å². The van der Waals surface area contributed by atoms with Crippen molar-refractivity contribution in [3.63, 3.8) is 0 Å². The highest BCUT2D eigenvalue weighted by Crippen LogP contribution is 2.38. The van der Waals surface area contributed by atoms with Crippen molar-refractivity contribution in [3.05, 3.63) is 83.1 Å². The number of imidazole rings is 1. The number of rotatable bonds is 4. The Kier molecular flexibility index (Phi) is 4.89. The van der Waals surface area contributed by atoms with Gasteiger partial charge in [0.2, 0.25) is 11.6 Å². The third kappa shape index (κ3) is 3.39. The van der Waals surface area contributed by atoms with Gasteiger partial charge >= 0.3 is 0 Å². The van der Waals surface area contributed by atoms with Crippen LogP contribution >= 0.6 is 0 Å². The van der Waals surface area contributed by atoms with Gasteiger partial charge in [0.25, 0.3) is 0 Å². The smallest absolute Gasteiger partial charge is 0.234 e. The molecule has 32 heavy (non-hydrogen) atoms. The van der Waals surface area contributed by atoms with Gasteiger partial charge in [-0.3, -0.25) is 0 Å². The number of benzene rings is 2. The predicted octanol–water partition coefficient (Wildman–Crippen LogP) is 4.39. The maximum Gasteiger partial charge on any atom is 0.234 e. The van der Waals surface area contributed by atoms with E-state index in [-0.39, 0.29) is 0 Å². The number of hydrogen-bond donors (Lipinski definition) is 0. The summed E-state index contributed by atoms with van der Waals surface area (Å²) in [5.41, 5.74) is 4.44. The third-order valence-corrected chi connectivity index (χ3v) is 5.95. The molecule has 1 atom stereocenters. The summed E-state index contributed by atoms with van der Waals surface area (Å²) in [7, 11) is 1.67. The lowest BCUT2D eigenvalue weighted by molar-refractivity contribution is -0.0967. The Morgan fingerprint density at radius 2 is 1.94 bits per heavy atom. The first-order valence-corrected chi connectivity index (χ1v) is 10.6. The summed E-state index contributed by atoms with van der Waals surface area (Å²) in [5.74, 6) is 2.13. The fourth-order valence-corrected chi connectivity index (χ4v) is 4.12. The molecule has 1 fully saturated rings. The Hall–Kier alpha value is -3.74. The zero-order valence-corrected chi connectivity index (χ0v) is 18.7. The third-order valence-electron chi connectivity index (χ3n) is 5.95. The fraction of sp³-hybridized carbons (Fsp3) is 0.280. The summed E-state index contributed by atoms with van der Waals surface area (Å²) in [4.78, 5) is 12.4. The molecule has 1 saturated heterocycles. The van der Waals surface area contributed by atoms with Crippen molar-refractivity contribution in [2.75, 3.05) is 20.3 Å². The number of aromatic nitrogens is 2. The zero-order valence-electron chi connectivity index (χ0n) is 18.7. The summed E-state index contributed by atoms with van der Waals surface area (Å²) < 4.78 is 13.6. The van der Waals surface area contributed by atoms with Gasteiger partial charge in [-0.1, -0.05) is 41.1 Å². The van der Waals surface area contributed by atoms with Crippen LogP contribution in [0.15, 0.2) is 65.9 Å². The largest absolute Gasteiger partial charge is 0.495 e. The van der Waals surface area contributed by atoms with Crippen LogP contribution in [0.1, 0.15) is 29.3 Å². The molecule has 3 aromatic rings. The van der Waals surface area contributed by atoms with Crippen LogP contribution in [-0.2, 0) is 15.3 Å². The molecular weight excluding hydrogens is 404 g/mol. The number of methoxy groups -OCH3 is 1. The molecule has 2 aliphatic rings. The van der Waals surface area contributed by atoms with Gasteiger partial charge in [0, 0.05) is 18.7 Å². The van der Waals surface area contributed by atoms with E-state index in [1.54, 1.807) is 13.4 Å². The van der Waals surface area contributed by atoms with Crippen molar-refractivity contribution in [1.29, 1.82) is 0 Å². The highest BCUT2D eigenvalue weighted by molar-refractivity contribution is 6.01. The van der Waals surface area contributed by atoms with Gasteiger partial charge in [-0.05, 0) is 37.6 Å². The van der Waals surface area contributed by atoms with Crippen LogP contribution in [0.4, 0.5) is 0 Å². The number of fused-ring (bicyclic) bond motifs is 1. The summed E-state index contributed by atoms with van der Waals surface area (Å²) in [6, 6.07) is 14.4. The van der Waals surface area contributed by atoms with Gasteiger partial charge in [-0.2, -0.15) is 0 Å². The van der Waals surface area contributed by atoms with Crippen LogP contribution in [-0.4, -0.2) is 40.5 Å². The number of aryl methyl sites for hydroxylation is 2. The zero-order chi connectivity index (χ0) is 22.3.